The highest BCUT2D eigenvalue weighted by atomic mass is 79.9. The molecular weight excluding hydrogens is 474 g/mol. The van der Waals surface area contributed by atoms with Gasteiger partial charge in [0.1, 0.15) is 18.1 Å². The van der Waals surface area contributed by atoms with Gasteiger partial charge >= 0.3 is 0 Å². The van der Waals surface area contributed by atoms with Gasteiger partial charge in [0.15, 0.2) is 6.17 Å². The Labute approximate surface area is 193 Å². The number of nitrogens with one attached hydrogen (secondary N) is 2. The van der Waals surface area contributed by atoms with Crippen LogP contribution in [0.25, 0.3) is 0 Å². The second kappa shape index (κ2) is 9.15. The third-order valence-electron chi connectivity index (χ3n) is 4.92. The van der Waals surface area contributed by atoms with Crippen molar-refractivity contribution < 1.29 is 19.4 Å². The van der Waals surface area contributed by atoms with Crippen molar-refractivity contribution in [1.29, 1.82) is 0 Å². The summed E-state index contributed by atoms with van der Waals surface area (Å²) in [5.74, 6) is -0.291. The van der Waals surface area contributed by atoms with Crippen LogP contribution in [0.2, 0.25) is 0 Å². The molecule has 8 heteroatoms. The van der Waals surface area contributed by atoms with Gasteiger partial charge in [0.05, 0.1) is 5.56 Å². The summed E-state index contributed by atoms with van der Waals surface area (Å²) >= 11 is 3.39. The van der Waals surface area contributed by atoms with Gasteiger partial charge in [0, 0.05) is 21.3 Å². The van der Waals surface area contributed by atoms with Gasteiger partial charge in [0.2, 0.25) is 0 Å². The molecule has 3 N–H and O–H groups in total. The van der Waals surface area contributed by atoms with Crippen molar-refractivity contribution in [2.24, 2.45) is 0 Å². The number of hydrogen-bond acceptors (Lipinski definition) is 5. The summed E-state index contributed by atoms with van der Waals surface area (Å²) in [5.41, 5.74) is 4.47. The summed E-state index contributed by atoms with van der Waals surface area (Å²) < 4.78 is 6.16. The molecule has 0 aromatic heterocycles. The highest BCUT2D eigenvalue weighted by molar-refractivity contribution is 9.10. The van der Waals surface area contributed by atoms with Gasteiger partial charge in [-0.1, -0.05) is 40.7 Å². The maximum Gasteiger partial charge on any atom is 0.276 e. The Morgan fingerprint density at radius 2 is 1.94 bits per heavy atom. The molecule has 0 bridgehead atoms. The molecule has 7 nitrogen and oxygen atoms in total. The average Bonchev–Trinajstić information content (AvgIpc) is 2.81. The molecule has 0 unspecified atom stereocenters. The molecule has 0 fully saturated rings. The second-order valence-electron chi connectivity index (χ2n) is 7.04. The number of anilines is 1. The first-order chi connectivity index (χ1) is 15.5. The summed E-state index contributed by atoms with van der Waals surface area (Å²) in [6, 6.07) is 18.5. The van der Waals surface area contributed by atoms with Crippen LogP contribution in [0.3, 0.4) is 0 Å². The number of phenols is 1. The van der Waals surface area contributed by atoms with Crippen LogP contribution in [0.4, 0.5) is 5.69 Å². The van der Waals surface area contributed by atoms with E-state index in [1.165, 1.54) is 11.1 Å². The number of carbonyl (C=O) groups excluding carboxylic acids is 2. The quantitative estimate of drug-likeness (QED) is 0.435. The van der Waals surface area contributed by atoms with E-state index in [1.807, 2.05) is 0 Å². The van der Waals surface area contributed by atoms with E-state index in [1.54, 1.807) is 66.7 Å². The normalized spacial score (nSPS) is 14.8. The Bertz CT molecular complexity index is 1180. The van der Waals surface area contributed by atoms with Gasteiger partial charge in [-0.2, -0.15) is 0 Å². The van der Waals surface area contributed by atoms with E-state index in [-0.39, 0.29) is 5.75 Å². The van der Waals surface area contributed by atoms with Crippen molar-refractivity contribution in [3.63, 3.8) is 0 Å². The van der Waals surface area contributed by atoms with Gasteiger partial charge < -0.3 is 15.2 Å². The number of benzene rings is 3. The third-order valence-corrected chi connectivity index (χ3v) is 5.41. The fraction of sp³-hybridized carbons (Fsp3) is 0.0833. The smallest absolute Gasteiger partial charge is 0.276 e. The van der Waals surface area contributed by atoms with Crippen LogP contribution < -0.4 is 15.5 Å². The number of nitrogens with zero attached hydrogens (tertiary/aromatic N) is 1. The minimum absolute atomic E-state index is 0.0131. The molecule has 2 amide bonds. The van der Waals surface area contributed by atoms with E-state index in [0.717, 1.165) is 4.47 Å². The van der Waals surface area contributed by atoms with Crippen LogP contribution in [-0.4, -0.2) is 28.5 Å². The Kier molecular flexibility index (Phi) is 6.13. The average molecular weight is 494 g/mol. The van der Waals surface area contributed by atoms with E-state index < -0.39 is 18.0 Å². The van der Waals surface area contributed by atoms with Crippen molar-refractivity contribution in [3.8, 4) is 11.5 Å². The lowest BCUT2D eigenvalue weighted by atomic mass is 10.0. The number of fused-ring (bicyclic) bond motifs is 1. The first kappa shape index (κ1) is 21.5. The Balaban J connectivity index is 1.66. The fourth-order valence-corrected chi connectivity index (χ4v) is 3.74. The number of phenolic OH excluding ortho intramolecular Hbond substituents is 1. The molecule has 0 saturated carbocycles. The number of hydrazine groups is 1. The van der Waals surface area contributed by atoms with Gasteiger partial charge in [-0.3, -0.25) is 15.0 Å². The Hall–Kier alpha value is -3.78. The summed E-state index contributed by atoms with van der Waals surface area (Å²) in [5, 5.41) is 14.9. The standard InChI is InChI=1S/C24H20BrN3O4/c1-2-13-32-17-10-7-15(8-11-17)23(30)27-28-22(19-14-16(25)9-12-21(19)29)26-20-6-4-3-5-18(20)24(28)31/h2-12,14,22,26,29H,1,13H2,(H,27,30)/t22-/m0/s1. The number of carbonyl (C=O) groups is 2. The lowest BCUT2D eigenvalue weighted by Gasteiger charge is -2.38. The molecule has 0 saturated heterocycles. The second-order valence-corrected chi connectivity index (χ2v) is 7.95. The number of ether oxygens (including phenoxy) is 1. The highest BCUT2D eigenvalue weighted by Crippen LogP contribution is 2.36. The zero-order valence-electron chi connectivity index (χ0n) is 16.9. The summed E-state index contributed by atoms with van der Waals surface area (Å²) in [6.07, 6.45) is 0.805. The summed E-state index contributed by atoms with van der Waals surface area (Å²) in [7, 11) is 0. The molecule has 0 spiro atoms. The minimum atomic E-state index is -0.825. The molecule has 32 heavy (non-hydrogen) atoms. The van der Waals surface area contributed by atoms with Crippen molar-refractivity contribution in [1.82, 2.24) is 10.4 Å². The number of hydrogen-bond donors (Lipinski definition) is 3. The SMILES string of the molecule is C=CCOc1ccc(C(=O)NN2C(=O)c3ccccc3N[C@@H]2c2cc(Br)ccc2O)cc1. The maximum atomic E-state index is 13.3. The monoisotopic (exact) mass is 493 g/mol. The van der Waals surface area contributed by atoms with Crippen molar-refractivity contribution >= 4 is 33.4 Å². The highest BCUT2D eigenvalue weighted by Gasteiger charge is 2.35. The molecule has 4 rings (SSSR count). The van der Waals surface area contributed by atoms with Crippen LogP contribution in [0.1, 0.15) is 32.4 Å². The van der Waals surface area contributed by atoms with Crippen LogP contribution in [-0.2, 0) is 0 Å². The van der Waals surface area contributed by atoms with E-state index in [9.17, 15) is 14.7 Å². The molecule has 1 atom stereocenters. The Morgan fingerprint density at radius 1 is 1.19 bits per heavy atom. The predicted molar refractivity (Wildman–Crippen MR) is 124 cm³/mol. The lowest BCUT2D eigenvalue weighted by molar-refractivity contribution is 0.0488. The summed E-state index contributed by atoms with van der Waals surface area (Å²) in [4.78, 5) is 26.2. The number of para-hydroxylation sites is 1. The largest absolute Gasteiger partial charge is 0.508 e. The molecule has 1 aliphatic heterocycles. The molecule has 0 aliphatic carbocycles. The van der Waals surface area contributed by atoms with Crippen molar-refractivity contribution in [2.75, 3.05) is 11.9 Å². The molecule has 3 aromatic rings. The van der Waals surface area contributed by atoms with Gasteiger partial charge in [-0.05, 0) is 54.6 Å². The van der Waals surface area contributed by atoms with E-state index in [0.29, 0.717) is 34.7 Å². The van der Waals surface area contributed by atoms with Crippen LogP contribution >= 0.6 is 15.9 Å². The molecule has 162 valence electrons. The van der Waals surface area contributed by atoms with E-state index >= 15 is 0 Å². The zero-order valence-corrected chi connectivity index (χ0v) is 18.5. The zero-order chi connectivity index (χ0) is 22.7. The lowest BCUT2D eigenvalue weighted by Crippen LogP contribution is -2.52. The van der Waals surface area contributed by atoms with Crippen LogP contribution in [0.15, 0.2) is 83.9 Å². The molecule has 1 heterocycles. The third kappa shape index (κ3) is 4.31. The Morgan fingerprint density at radius 3 is 2.69 bits per heavy atom. The molecule has 1 aliphatic rings. The van der Waals surface area contributed by atoms with E-state index in [4.69, 9.17) is 4.74 Å². The summed E-state index contributed by atoms with van der Waals surface area (Å²) in [6.45, 7) is 3.96. The first-order valence-electron chi connectivity index (χ1n) is 9.80. The molecular formula is C24H20BrN3O4. The fourth-order valence-electron chi connectivity index (χ4n) is 3.36. The van der Waals surface area contributed by atoms with Gasteiger partial charge in [-0.25, -0.2) is 5.01 Å². The maximum absolute atomic E-state index is 13.3. The number of halogens is 1. The van der Waals surface area contributed by atoms with Gasteiger partial charge in [-0.15, -0.1) is 0 Å². The minimum Gasteiger partial charge on any atom is -0.508 e. The van der Waals surface area contributed by atoms with E-state index in [2.05, 4.69) is 33.3 Å². The van der Waals surface area contributed by atoms with Crippen LogP contribution in [0, 0.1) is 0 Å². The number of rotatable bonds is 6. The topological polar surface area (TPSA) is 90.9 Å². The van der Waals surface area contributed by atoms with Crippen molar-refractivity contribution in [3.05, 3.63) is 101 Å². The molecule has 0 radical (unpaired) electrons. The van der Waals surface area contributed by atoms with Gasteiger partial charge in [0.25, 0.3) is 11.8 Å². The predicted octanol–water partition coefficient (Wildman–Crippen LogP) is 4.63. The number of amides is 2. The molecule has 3 aromatic carbocycles. The van der Waals surface area contributed by atoms with Crippen molar-refractivity contribution in [2.45, 2.75) is 6.17 Å². The van der Waals surface area contributed by atoms with Crippen LogP contribution in [0.5, 0.6) is 11.5 Å². The first-order valence-corrected chi connectivity index (χ1v) is 10.6. The number of aromatic hydroxyl groups is 1.